The molecule has 4 nitrogen and oxygen atoms in total. The van der Waals surface area contributed by atoms with Crippen LogP contribution in [0.4, 0.5) is 5.69 Å². The molecule has 1 heterocycles. The van der Waals surface area contributed by atoms with Gasteiger partial charge in [0.2, 0.25) is 0 Å². The lowest BCUT2D eigenvalue weighted by molar-refractivity contribution is -0.113. The Kier molecular flexibility index (Phi) is 5.44. The molecule has 6 heteroatoms. The van der Waals surface area contributed by atoms with Crippen LogP contribution in [0, 0.1) is 13.8 Å². The van der Waals surface area contributed by atoms with Crippen molar-refractivity contribution in [1.29, 1.82) is 0 Å². The predicted octanol–water partition coefficient (Wildman–Crippen LogP) is 4.50. The van der Waals surface area contributed by atoms with Crippen molar-refractivity contribution in [2.24, 2.45) is 0 Å². The van der Waals surface area contributed by atoms with Gasteiger partial charge in [-0.15, -0.1) is 0 Å². The number of anilines is 1. The van der Waals surface area contributed by atoms with Gasteiger partial charge in [0.1, 0.15) is 0 Å². The van der Waals surface area contributed by atoms with E-state index in [4.69, 9.17) is 12.2 Å². The minimum absolute atomic E-state index is 0.153. The second-order valence-corrected chi connectivity index (χ2v) is 7.63. The number of allylic oxidation sites excluding steroid dienone is 1. The van der Waals surface area contributed by atoms with Crippen molar-refractivity contribution < 1.29 is 4.79 Å². The van der Waals surface area contributed by atoms with E-state index in [1.165, 1.54) is 0 Å². The molecule has 1 aliphatic rings. The molecule has 1 aliphatic heterocycles. The summed E-state index contributed by atoms with van der Waals surface area (Å²) in [6.45, 7) is 5.86. The van der Waals surface area contributed by atoms with E-state index >= 15 is 0 Å². The van der Waals surface area contributed by atoms with Crippen molar-refractivity contribution >= 4 is 44.9 Å². The van der Waals surface area contributed by atoms with Gasteiger partial charge in [0.25, 0.3) is 5.91 Å². The van der Waals surface area contributed by atoms with E-state index < -0.39 is 0 Å². The molecule has 1 amide bonds. The van der Waals surface area contributed by atoms with E-state index in [1.54, 1.807) is 0 Å². The zero-order valence-electron chi connectivity index (χ0n) is 14.8. The first-order valence-corrected chi connectivity index (χ1v) is 9.48. The largest absolute Gasteiger partial charge is 0.351 e. The summed E-state index contributed by atoms with van der Waals surface area (Å²) < 4.78 is 0.923. The van der Waals surface area contributed by atoms with E-state index in [2.05, 4.69) is 31.9 Å². The summed E-state index contributed by atoms with van der Waals surface area (Å²) in [6.07, 6.45) is 0. The summed E-state index contributed by atoms with van der Waals surface area (Å²) in [7, 11) is 0. The van der Waals surface area contributed by atoms with Crippen molar-refractivity contribution in [3.8, 4) is 0 Å². The average Bonchev–Trinajstić information content (AvgIpc) is 2.57. The van der Waals surface area contributed by atoms with Gasteiger partial charge in [-0.25, -0.2) is 0 Å². The Morgan fingerprint density at radius 1 is 1.15 bits per heavy atom. The van der Waals surface area contributed by atoms with Gasteiger partial charge in [-0.1, -0.05) is 46.3 Å². The summed E-state index contributed by atoms with van der Waals surface area (Å²) in [4.78, 5) is 13.1. The summed E-state index contributed by atoms with van der Waals surface area (Å²) >= 11 is 8.89. The molecule has 26 heavy (non-hydrogen) atoms. The quantitative estimate of drug-likeness (QED) is 0.628. The molecule has 3 rings (SSSR count). The number of carbonyl (C=O) groups is 1. The molecule has 0 saturated heterocycles. The van der Waals surface area contributed by atoms with Crippen molar-refractivity contribution in [2.75, 3.05) is 5.32 Å². The van der Waals surface area contributed by atoms with Gasteiger partial charge in [0.05, 0.1) is 11.6 Å². The fourth-order valence-corrected chi connectivity index (χ4v) is 3.78. The first-order chi connectivity index (χ1) is 12.4. The monoisotopic (exact) mass is 429 g/mol. The number of amides is 1. The van der Waals surface area contributed by atoms with Crippen LogP contribution in [0.25, 0.3) is 0 Å². The molecule has 0 fully saturated rings. The van der Waals surface area contributed by atoms with Crippen LogP contribution in [-0.4, -0.2) is 11.0 Å². The van der Waals surface area contributed by atoms with Crippen molar-refractivity contribution in [2.45, 2.75) is 26.8 Å². The Balaban J connectivity index is 2.00. The Labute approximate surface area is 167 Å². The molecule has 3 N–H and O–H groups in total. The molecule has 0 aliphatic carbocycles. The van der Waals surface area contributed by atoms with E-state index in [0.29, 0.717) is 10.7 Å². The fourth-order valence-electron chi connectivity index (χ4n) is 3.00. The van der Waals surface area contributed by atoms with E-state index in [1.807, 2.05) is 63.2 Å². The second kappa shape index (κ2) is 7.60. The van der Waals surface area contributed by atoms with Crippen LogP contribution in [0.2, 0.25) is 0 Å². The van der Waals surface area contributed by atoms with Gasteiger partial charge in [-0.2, -0.15) is 0 Å². The lowest BCUT2D eigenvalue weighted by Gasteiger charge is -2.31. The normalized spacial score (nSPS) is 16.8. The minimum atomic E-state index is -0.329. The van der Waals surface area contributed by atoms with Gasteiger partial charge in [-0.05, 0) is 61.8 Å². The highest BCUT2D eigenvalue weighted by Crippen LogP contribution is 2.32. The minimum Gasteiger partial charge on any atom is -0.351 e. The van der Waals surface area contributed by atoms with E-state index in [9.17, 15) is 4.79 Å². The highest BCUT2D eigenvalue weighted by Gasteiger charge is 2.31. The topological polar surface area (TPSA) is 53.2 Å². The maximum atomic E-state index is 13.1. The predicted molar refractivity (Wildman–Crippen MR) is 113 cm³/mol. The Morgan fingerprint density at radius 2 is 1.88 bits per heavy atom. The number of hydrogen-bond acceptors (Lipinski definition) is 2. The summed E-state index contributed by atoms with van der Waals surface area (Å²) in [5, 5.41) is 9.84. The maximum Gasteiger partial charge on any atom is 0.255 e. The number of benzene rings is 2. The van der Waals surface area contributed by atoms with Gasteiger partial charge in [0, 0.05) is 15.9 Å². The molecule has 1 unspecified atom stereocenters. The number of hydrogen-bond donors (Lipinski definition) is 3. The van der Waals surface area contributed by atoms with Crippen LogP contribution >= 0.6 is 28.1 Å². The molecular weight excluding hydrogens is 410 g/mol. The molecule has 0 bridgehead atoms. The van der Waals surface area contributed by atoms with E-state index in [0.717, 1.165) is 32.5 Å². The molecule has 0 saturated carbocycles. The first-order valence-electron chi connectivity index (χ1n) is 8.28. The second-order valence-electron chi connectivity index (χ2n) is 6.36. The highest BCUT2D eigenvalue weighted by molar-refractivity contribution is 9.10. The number of nitrogens with one attached hydrogen (secondary N) is 3. The van der Waals surface area contributed by atoms with Crippen LogP contribution in [0.1, 0.15) is 29.7 Å². The smallest absolute Gasteiger partial charge is 0.255 e. The van der Waals surface area contributed by atoms with Crippen LogP contribution in [-0.2, 0) is 4.79 Å². The van der Waals surface area contributed by atoms with Gasteiger partial charge in [-0.3, -0.25) is 4.79 Å². The molecule has 2 aromatic carbocycles. The third-order valence-electron chi connectivity index (χ3n) is 4.37. The molecule has 134 valence electrons. The van der Waals surface area contributed by atoms with Crippen LogP contribution in [0.15, 0.2) is 58.2 Å². The average molecular weight is 430 g/mol. The number of rotatable bonds is 3. The molecule has 2 aromatic rings. The first kappa shape index (κ1) is 18.6. The molecule has 0 aromatic heterocycles. The number of carbonyl (C=O) groups excluding carboxylic acids is 1. The number of thiocarbonyl (C=S) groups is 1. The molecular formula is C20H20BrN3OS. The van der Waals surface area contributed by atoms with Gasteiger partial charge < -0.3 is 16.0 Å². The molecule has 0 radical (unpaired) electrons. The van der Waals surface area contributed by atoms with Gasteiger partial charge in [0.15, 0.2) is 5.11 Å². The number of halogens is 1. The summed E-state index contributed by atoms with van der Waals surface area (Å²) in [5.41, 5.74) is 5.26. The zero-order valence-corrected chi connectivity index (χ0v) is 17.2. The SMILES string of the molecule is CC1=C(C(=O)Nc2cc(C)ccc2C)C(c2ccccc2Br)NC(=S)N1. The van der Waals surface area contributed by atoms with Gasteiger partial charge >= 0.3 is 0 Å². The Hall–Kier alpha value is -2.18. The summed E-state index contributed by atoms with van der Waals surface area (Å²) in [5.74, 6) is -0.153. The third-order valence-corrected chi connectivity index (χ3v) is 5.31. The van der Waals surface area contributed by atoms with E-state index in [-0.39, 0.29) is 11.9 Å². The Morgan fingerprint density at radius 3 is 2.62 bits per heavy atom. The summed E-state index contributed by atoms with van der Waals surface area (Å²) in [6, 6.07) is 13.5. The third kappa shape index (κ3) is 3.81. The highest BCUT2D eigenvalue weighted by atomic mass is 79.9. The Bertz CT molecular complexity index is 923. The number of aryl methyl sites for hydroxylation is 2. The lowest BCUT2D eigenvalue weighted by atomic mass is 9.95. The van der Waals surface area contributed by atoms with Crippen molar-refractivity contribution in [1.82, 2.24) is 10.6 Å². The molecule has 0 spiro atoms. The lowest BCUT2D eigenvalue weighted by Crippen LogP contribution is -2.45. The van der Waals surface area contributed by atoms with Crippen molar-refractivity contribution in [3.05, 3.63) is 74.9 Å². The van der Waals surface area contributed by atoms with Crippen LogP contribution < -0.4 is 16.0 Å². The standard InChI is InChI=1S/C20H20BrN3OS/c1-11-8-9-12(2)16(10-11)23-19(25)17-13(3)22-20(26)24-18(17)14-6-4-5-7-15(14)21/h4-10,18H,1-3H3,(H,23,25)(H2,22,24,26). The fraction of sp³-hybridized carbons (Fsp3) is 0.200. The van der Waals surface area contributed by atoms with Crippen molar-refractivity contribution in [3.63, 3.8) is 0 Å². The van der Waals surface area contributed by atoms with Crippen LogP contribution in [0.3, 0.4) is 0 Å². The zero-order chi connectivity index (χ0) is 18.8. The maximum absolute atomic E-state index is 13.1. The molecule has 1 atom stereocenters. The van der Waals surface area contributed by atoms with Crippen LogP contribution in [0.5, 0.6) is 0 Å².